The minimum atomic E-state index is -0.729. The van der Waals surface area contributed by atoms with Crippen molar-refractivity contribution in [2.45, 2.75) is 44.6 Å². The zero-order valence-electron chi connectivity index (χ0n) is 10.4. The van der Waals surface area contributed by atoms with Gasteiger partial charge in [-0.2, -0.15) is 0 Å². The lowest BCUT2D eigenvalue weighted by Gasteiger charge is -2.33. The first-order chi connectivity index (χ1) is 8.49. The standard InChI is InChI=1S/C12H19N3O2S/c13-9(16)8-4-3-7-15(8)11(17)12(10(14)18)5-1-2-6-12/h8H,1-7H2,(H2,13,16)(H2,14,18). The van der Waals surface area contributed by atoms with E-state index in [0.717, 1.165) is 19.3 Å². The highest BCUT2D eigenvalue weighted by molar-refractivity contribution is 7.80. The number of carbonyl (C=O) groups excluding carboxylic acids is 2. The quantitative estimate of drug-likeness (QED) is 0.722. The van der Waals surface area contributed by atoms with E-state index in [1.807, 2.05) is 0 Å². The summed E-state index contributed by atoms with van der Waals surface area (Å²) in [5, 5.41) is 0. The van der Waals surface area contributed by atoms with Crippen LogP contribution in [0, 0.1) is 5.41 Å². The maximum atomic E-state index is 12.7. The summed E-state index contributed by atoms with van der Waals surface area (Å²) in [6.45, 7) is 0.580. The zero-order chi connectivity index (χ0) is 13.3. The lowest BCUT2D eigenvalue weighted by atomic mass is 9.84. The van der Waals surface area contributed by atoms with Crippen molar-refractivity contribution in [1.29, 1.82) is 0 Å². The summed E-state index contributed by atoms with van der Waals surface area (Å²) in [4.78, 5) is 25.9. The molecule has 6 heteroatoms. The van der Waals surface area contributed by atoms with Crippen molar-refractivity contribution in [2.75, 3.05) is 6.54 Å². The minimum absolute atomic E-state index is 0.0891. The van der Waals surface area contributed by atoms with Crippen molar-refractivity contribution < 1.29 is 9.59 Å². The van der Waals surface area contributed by atoms with Crippen molar-refractivity contribution in [2.24, 2.45) is 16.9 Å². The Hall–Kier alpha value is -1.17. The molecule has 2 rings (SSSR count). The first-order valence-corrected chi connectivity index (χ1v) is 6.80. The molecule has 100 valence electrons. The average Bonchev–Trinajstić information content (AvgIpc) is 2.98. The number of hydrogen-bond acceptors (Lipinski definition) is 3. The highest BCUT2D eigenvalue weighted by atomic mass is 32.1. The third-order valence-electron chi connectivity index (χ3n) is 4.18. The first-order valence-electron chi connectivity index (χ1n) is 6.39. The molecule has 0 bridgehead atoms. The second-order valence-electron chi connectivity index (χ2n) is 5.21. The van der Waals surface area contributed by atoms with Crippen LogP contribution in [0.2, 0.25) is 0 Å². The summed E-state index contributed by atoms with van der Waals surface area (Å²) in [7, 11) is 0. The molecular formula is C12H19N3O2S. The third-order valence-corrected chi connectivity index (χ3v) is 4.57. The van der Waals surface area contributed by atoms with Crippen molar-refractivity contribution >= 4 is 29.0 Å². The van der Waals surface area contributed by atoms with Crippen LogP contribution in [0.5, 0.6) is 0 Å². The summed E-state index contributed by atoms with van der Waals surface area (Å²) in [6, 6.07) is -0.482. The molecule has 1 heterocycles. The highest BCUT2D eigenvalue weighted by Crippen LogP contribution is 2.41. The number of thiocarbonyl (C=S) groups is 1. The monoisotopic (exact) mass is 269 g/mol. The van der Waals surface area contributed by atoms with Crippen LogP contribution in [0.15, 0.2) is 0 Å². The van der Waals surface area contributed by atoms with Crippen molar-refractivity contribution in [3.63, 3.8) is 0 Å². The second kappa shape index (κ2) is 4.84. The molecule has 0 aromatic carbocycles. The summed E-state index contributed by atoms with van der Waals surface area (Å²) >= 11 is 5.10. The van der Waals surface area contributed by atoms with Gasteiger partial charge in [0.15, 0.2) is 0 Å². The average molecular weight is 269 g/mol. The highest BCUT2D eigenvalue weighted by Gasteiger charge is 2.49. The Morgan fingerprint density at radius 3 is 2.28 bits per heavy atom. The van der Waals surface area contributed by atoms with Gasteiger partial charge < -0.3 is 16.4 Å². The summed E-state index contributed by atoms with van der Waals surface area (Å²) < 4.78 is 0. The zero-order valence-corrected chi connectivity index (χ0v) is 11.2. The predicted molar refractivity (Wildman–Crippen MR) is 71.6 cm³/mol. The molecule has 2 amide bonds. The van der Waals surface area contributed by atoms with E-state index in [2.05, 4.69) is 0 Å². The minimum Gasteiger partial charge on any atom is -0.392 e. The number of rotatable bonds is 3. The van der Waals surface area contributed by atoms with Gasteiger partial charge in [-0.1, -0.05) is 25.1 Å². The fourth-order valence-corrected chi connectivity index (χ4v) is 3.42. The van der Waals surface area contributed by atoms with Crippen molar-refractivity contribution in [3.8, 4) is 0 Å². The van der Waals surface area contributed by atoms with Gasteiger partial charge in [-0.05, 0) is 25.7 Å². The number of nitrogens with zero attached hydrogens (tertiary/aromatic N) is 1. The van der Waals surface area contributed by atoms with Gasteiger partial charge >= 0.3 is 0 Å². The van der Waals surface area contributed by atoms with Gasteiger partial charge in [0.25, 0.3) is 0 Å². The molecule has 1 saturated carbocycles. The molecular weight excluding hydrogens is 250 g/mol. The Morgan fingerprint density at radius 2 is 1.78 bits per heavy atom. The summed E-state index contributed by atoms with van der Waals surface area (Å²) in [5.74, 6) is -0.522. The smallest absolute Gasteiger partial charge is 0.240 e. The van der Waals surface area contributed by atoms with Crippen molar-refractivity contribution in [3.05, 3.63) is 0 Å². The van der Waals surface area contributed by atoms with E-state index in [9.17, 15) is 9.59 Å². The number of hydrogen-bond donors (Lipinski definition) is 2. The molecule has 0 spiro atoms. The molecule has 0 aromatic rings. The number of carbonyl (C=O) groups is 2. The van der Waals surface area contributed by atoms with Crippen LogP contribution in [0.25, 0.3) is 0 Å². The fraction of sp³-hybridized carbons (Fsp3) is 0.750. The molecule has 1 saturated heterocycles. The molecule has 2 aliphatic rings. The summed E-state index contributed by atoms with van der Waals surface area (Å²) in [6.07, 6.45) is 4.77. The van der Waals surface area contributed by atoms with Crippen LogP contribution >= 0.6 is 12.2 Å². The number of nitrogens with two attached hydrogens (primary N) is 2. The van der Waals surface area contributed by atoms with Gasteiger partial charge in [-0.3, -0.25) is 9.59 Å². The molecule has 2 fully saturated rings. The maximum Gasteiger partial charge on any atom is 0.240 e. The lowest BCUT2D eigenvalue weighted by Crippen LogP contribution is -2.53. The van der Waals surface area contributed by atoms with Crippen LogP contribution in [-0.2, 0) is 9.59 Å². The Balaban J connectivity index is 2.24. The normalized spacial score (nSPS) is 26.2. The Morgan fingerprint density at radius 1 is 1.17 bits per heavy atom. The van der Waals surface area contributed by atoms with Gasteiger partial charge in [0.05, 0.1) is 10.4 Å². The lowest BCUT2D eigenvalue weighted by molar-refractivity contribution is -0.142. The maximum absolute atomic E-state index is 12.7. The molecule has 1 aliphatic heterocycles. The molecule has 4 N–H and O–H groups in total. The summed E-state index contributed by atoms with van der Waals surface area (Å²) in [5.41, 5.74) is 10.4. The molecule has 1 atom stereocenters. The topological polar surface area (TPSA) is 89.4 Å². The Labute approximate surface area is 112 Å². The van der Waals surface area contributed by atoms with Crippen LogP contribution in [-0.4, -0.2) is 34.3 Å². The van der Waals surface area contributed by atoms with Gasteiger partial charge in [-0.25, -0.2) is 0 Å². The number of amides is 2. The van der Waals surface area contributed by atoms with E-state index in [4.69, 9.17) is 23.7 Å². The van der Waals surface area contributed by atoms with Gasteiger partial charge in [0.2, 0.25) is 11.8 Å². The molecule has 1 unspecified atom stereocenters. The van der Waals surface area contributed by atoms with Crippen LogP contribution in [0.3, 0.4) is 0 Å². The fourth-order valence-electron chi connectivity index (χ4n) is 3.12. The largest absolute Gasteiger partial charge is 0.392 e. The van der Waals surface area contributed by atoms with E-state index in [0.29, 0.717) is 25.8 Å². The van der Waals surface area contributed by atoms with Gasteiger partial charge in [0.1, 0.15) is 6.04 Å². The third kappa shape index (κ3) is 1.98. The SMILES string of the molecule is NC(=O)C1CCCN1C(=O)C1(C(N)=S)CCCC1. The molecule has 18 heavy (non-hydrogen) atoms. The molecule has 0 aromatic heterocycles. The van der Waals surface area contributed by atoms with Crippen LogP contribution in [0.4, 0.5) is 0 Å². The molecule has 1 aliphatic carbocycles. The molecule has 5 nitrogen and oxygen atoms in total. The number of primary amides is 1. The van der Waals surface area contributed by atoms with E-state index >= 15 is 0 Å². The first kappa shape index (κ1) is 13.3. The van der Waals surface area contributed by atoms with Crippen LogP contribution < -0.4 is 11.5 Å². The Kier molecular flexibility index (Phi) is 3.56. The molecule has 0 radical (unpaired) electrons. The van der Waals surface area contributed by atoms with Crippen molar-refractivity contribution in [1.82, 2.24) is 4.90 Å². The second-order valence-corrected chi connectivity index (χ2v) is 5.65. The van der Waals surface area contributed by atoms with E-state index < -0.39 is 17.4 Å². The number of likely N-dealkylation sites (tertiary alicyclic amines) is 1. The Bertz CT molecular complexity index is 391. The van der Waals surface area contributed by atoms with E-state index in [-0.39, 0.29) is 10.9 Å². The van der Waals surface area contributed by atoms with Crippen LogP contribution in [0.1, 0.15) is 38.5 Å². The predicted octanol–water partition coefficient (Wildman–Crippen LogP) is 0.309. The van der Waals surface area contributed by atoms with E-state index in [1.165, 1.54) is 0 Å². The van der Waals surface area contributed by atoms with E-state index in [1.54, 1.807) is 4.90 Å². The van der Waals surface area contributed by atoms with Gasteiger partial charge in [-0.15, -0.1) is 0 Å². The van der Waals surface area contributed by atoms with Gasteiger partial charge in [0, 0.05) is 6.54 Å².